The van der Waals surface area contributed by atoms with Gasteiger partial charge in [-0.2, -0.15) is 0 Å². The van der Waals surface area contributed by atoms with Gasteiger partial charge in [0.05, 0.1) is 0 Å². The van der Waals surface area contributed by atoms with Gasteiger partial charge in [-0.3, -0.25) is 4.79 Å². The number of aromatic nitrogens is 2. The highest BCUT2D eigenvalue weighted by molar-refractivity contribution is 5.93. The van der Waals surface area contributed by atoms with Gasteiger partial charge in [-0.05, 0) is 0 Å². The van der Waals surface area contributed by atoms with E-state index in [1.807, 2.05) is 0 Å². The maximum atomic E-state index is 10.9. The van der Waals surface area contributed by atoms with Crippen LogP contribution in [0.3, 0.4) is 0 Å². The minimum absolute atomic E-state index is 0.0745. The molecule has 0 saturated carbocycles. The number of nitrogen functional groups attached to an aromatic ring is 1. The first kappa shape index (κ1) is 7.66. The van der Waals surface area contributed by atoms with Gasteiger partial charge in [-0.25, -0.2) is 20.3 Å². The SMILES string of the molecule is CC(=O)c1nc(N)c2c(n1)[N]C=N2. The number of hydrogen-bond donors (Lipinski definition) is 1. The number of fused-ring (bicyclic) bond motifs is 1. The molecule has 0 aromatic carbocycles. The molecule has 1 aromatic heterocycles. The largest absolute Gasteiger partial charge is 0.382 e. The number of rotatable bonds is 1. The number of ketones is 1. The molecular weight excluding hydrogens is 170 g/mol. The van der Waals surface area contributed by atoms with Crippen LogP contribution in [0.4, 0.5) is 17.3 Å². The van der Waals surface area contributed by atoms with Crippen molar-refractivity contribution in [3.63, 3.8) is 0 Å². The third-order valence-electron chi connectivity index (χ3n) is 1.57. The molecule has 0 amide bonds. The van der Waals surface area contributed by atoms with Gasteiger partial charge in [0.15, 0.2) is 28.9 Å². The van der Waals surface area contributed by atoms with Gasteiger partial charge in [-0.15, -0.1) is 0 Å². The quantitative estimate of drug-likeness (QED) is 0.617. The van der Waals surface area contributed by atoms with Crippen molar-refractivity contribution in [1.82, 2.24) is 15.3 Å². The molecule has 2 N–H and O–H groups in total. The van der Waals surface area contributed by atoms with Crippen LogP contribution in [-0.2, 0) is 0 Å². The van der Waals surface area contributed by atoms with Crippen LogP contribution >= 0.6 is 0 Å². The van der Waals surface area contributed by atoms with E-state index in [9.17, 15) is 4.79 Å². The van der Waals surface area contributed by atoms with Crippen molar-refractivity contribution in [2.45, 2.75) is 6.92 Å². The van der Waals surface area contributed by atoms with Crippen molar-refractivity contribution in [3.05, 3.63) is 5.82 Å². The summed E-state index contributed by atoms with van der Waals surface area (Å²) in [4.78, 5) is 22.4. The molecule has 0 unspecified atom stereocenters. The Bertz CT molecular complexity index is 412. The summed E-state index contributed by atoms with van der Waals surface area (Å²) in [6.07, 6.45) is 1.33. The lowest BCUT2D eigenvalue weighted by molar-refractivity contribution is 0.100. The van der Waals surface area contributed by atoms with Crippen molar-refractivity contribution in [1.29, 1.82) is 0 Å². The average molecular weight is 176 g/mol. The van der Waals surface area contributed by atoms with E-state index in [1.165, 1.54) is 13.3 Å². The second-order valence-corrected chi connectivity index (χ2v) is 2.53. The van der Waals surface area contributed by atoms with E-state index in [4.69, 9.17) is 5.73 Å². The van der Waals surface area contributed by atoms with Gasteiger partial charge in [0.25, 0.3) is 0 Å². The fourth-order valence-corrected chi connectivity index (χ4v) is 0.972. The van der Waals surface area contributed by atoms with E-state index in [2.05, 4.69) is 20.3 Å². The molecule has 0 atom stereocenters. The number of carbonyl (C=O) groups excluding carboxylic acids is 1. The Balaban J connectivity index is 2.59. The summed E-state index contributed by atoms with van der Waals surface area (Å²) in [5, 5.41) is 3.83. The van der Waals surface area contributed by atoms with Gasteiger partial charge in [0, 0.05) is 6.92 Å². The molecule has 13 heavy (non-hydrogen) atoms. The van der Waals surface area contributed by atoms with Crippen LogP contribution in [0.5, 0.6) is 0 Å². The molecule has 0 saturated heterocycles. The maximum Gasteiger partial charge on any atom is 0.199 e. The molecule has 6 heteroatoms. The maximum absolute atomic E-state index is 10.9. The Hall–Kier alpha value is -1.98. The second-order valence-electron chi connectivity index (χ2n) is 2.53. The number of aliphatic imine (C=N–C) groups is 1. The highest BCUT2D eigenvalue weighted by Crippen LogP contribution is 2.30. The van der Waals surface area contributed by atoms with Crippen molar-refractivity contribution in [2.24, 2.45) is 4.99 Å². The summed E-state index contributed by atoms with van der Waals surface area (Å²) >= 11 is 0. The van der Waals surface area contributed by atoms with Gasteiger partial charge in [0.1, 0.15) is 6.34 Å². The van der Waals surface area contributed by atoms with E-state index in [1.54, 1.807) is 0 Å². The molecule has 0 bridgehead atoms. The Labute approximate surface area is 73.9 Å². The van der Waals surface area contributed by atoms with E-state index >= 15 is 0 Å². The average Bonchev–Trinajstić information content (AvgIpc) is 2.51. The summed E-state index contributed by atoms with van der Waals surface area (Å²) in [7, 11) is 0. The Morgan fingerprint density at radius 1 is 1.46 bits per heavy atom. The first-order chi connectivity index (χ1) is 6.18. The molecule has 6 nitrogen and oxygen atoms in total. The summed E-state index contributed by atoms with van der Waals surface area (Å²) < 4.78 is 0. The number of nitrogens with two attached hydrogens (primary N) is 1. The van der Waals surface area contributed by atoms with Crippen LogP contribution in [-0.4, -0.2) is 22.1 Å². The van der Waals surface area contributed by atoms with Crippen LogP contribution in [0, 0.1) is 0 Å². The zero-order chi connectivity index (χ0) is 9.42. The molecule has 2 heterocycles. The predicted molar refractivity (Wildman–Crippen MR) is 46.4 cm³/mol. The van der Waals surface area contributed by atoms with E-state index in [0.717, 1.165) is 0 Å². The lowest BCUT2D eigenvalue weighted by atomic mass is 10.3. The van der Waals surface area contributed by atoms with E-state index < -0.39 is 0 Å². The zero-order valence-corrected chi connectivity index (χ0v) is 6.85. The predicted octanol–water partition coefficient (Wildman–Crippen LogP) is 0.171. The molecule has 1 radical (unpaired) electrons. The summed E-state index contributed by atoms with van der Waals surface area (Å²) in [5.41, 5.74) is 5.97. The molecule has 0 aliphatic carbocycles. The number of nitrogens with zero attached hydrogens (tertiary/aromatic N) is 4. The van der Waals surface area contributed by atoms with Crippen LogP contribution in [0.25, 0.3) is 0 Å². The van der Waals surface area contributed by atoms with Crippen molar-refractivity contribution < 1.29 is 4.79 Å². The molecule has 2 rings (SSSR count). The van der Waals surface area contributed by atoms with Gasteiger partial charge >= 0.3 is 0 Å². The first-order valence-electron chi connectivity index (χ1n) is 3.60. The van der Waals surface area contributed by atoms with E-state index in [-0.39, 0.29) is 17.4 Å². The monoisotopic (exact) mass is 176 g/mol. The lowest BCUT2D eigenvalue weighted by Gasteiger charge is -2.00. The number of Topliss-reactive ketones (excluding diaryl/α,β-unsaturated/α-hetero) is 1. The number of carbonyl (C=O) groups is 1. The molecule has 0 spiro atoms. The van der Waals surface area contributed by atoms with Crippen molar-refractivity contribution in [3.8, 4) is 0 Å². The standard InChI is InChI=1S/C7H6N5O/c1-3(13)6-11-5(8)4-7(12-6)10-2-9-4/h2H,1H3,(H2,8,11,12). The minimum Gasteiger partial charge on any atom is -0.382 e. The first-order valence-corrected chi connectivity index (χ1v) is 3.60. The van der Waals surface area contributed by atoms with Crippen LogP contribution in [0.2, 0.25) is 0 Å². The van der Waals surface area contributed by atoms with Gasteiger partial charge < -0.3 is 5.73 Å². The molecule has 1 aromatic rings. The summed E-state index contributed by atoms with van der Waals surface area (Å²) in [6, 6.07) is 0. The fraction of sp³-hybridized carbons (Fsp3) is 0.143. The Morgan fingerprint density at radius 3 is 2.92 bits per heavy atom. The Morgan fingerprint density at radius 2 is 2.23 bits per heavy atom. The second kappa shape index (κ2) is 2.51. The third-order valence-corrected chi connectivity index (χ3v) is 1.57. The molecule has 1 aliphatic rings. The highest BCUT2D eigenvalue weighted by atomic mass is 16.1. The number of anilines is 1. The highest BCUT2D eigenvalue weighted by Gasteiger charge is 2.17. The minimum atomic E-state index is -0.239. The molecule has 0 fully saturated rings. The van der Waals surface area contributed by atoms with Crippen LogP contribution in [0.1, 0.15) is 17.5 Å². The van der Waals surface area contributed by atoms with Crippen molar-refractivity contribution >= 4 is 29.4 Å². The zero-order valence-electron chi connectivity index (χ0n) is 6.85. The summed E-state index contributed by atoms with van der Waals surface area (Å²) in [5.74, 6) is 0.382. The topological polar surface area (TPSA) is 95.3 Å². The lowest BCUT2D eigenvalue weighted by Crippen LogP contribution is -2.05. The smallest absolute Gasteiger partial charge is 0.199 e. The van der Waals surface area contributed by atoms with Gasteiger partial charge in [0.2, 0.25) is 0 Å². The molecule has 1 aliphatic heterocycles. The fourth-order valence-electron chi connectivity index (χ4n) is 0.972. The Kier molecular flexibility index (Phi) is 1.48. The normalized spacial score (nSPS) is 12.4. The molecular formula is C7H6N5O. The third kappa shape index (κ3) is 1.12. The van der Waals surface area contributed by atoms with Gasteiger partial charge in [-0.1, -0.05) is 0 Å². The molecule has 65 valence electrons. The van der Waals surface area contributed by atoms with E-state index in [0.29, 0.717) is 11.5 Å². The van der Waals surface area contributed by atoms with Crippen LogP contribution in [0.15, 0.2) is 4.99 Å². The summed E-state index contributed by atoms with van der Waals surface area (Å²) in [6.45, 7) is 1.37. The number of hydrogen-bond acceptors (Lipinski definition) is 5. The van der Waals surface area contributed by atoms with Crippen molar-refractivity contribution in [2.75, 3.05) is 5.73 Å². The van der Waals surface area contributed by atoms with Crippen LogP contribution < -0.4 is 11.1 Å².